The topological polar surface area (TPSA) is 37.4 Å². The van der Waals surface area contributed by atoms with Gasteiger partial charge in [-0.3, -0.25) is 9.59 Å². The molecule has 0 aromatic heterocycles. The maximum Gasteiger partial charge on any atom is 0.247 e. The normalized spacial score (nSPS) is 17.3. The molecule has 3 nitrogen and oxygen atoms in total. The minimum atomic E-state index is -0.193. The van der Waals surface area contributed by atoms with E-state index in [4.69, 9.17) is 0 Å². The molecule has 0 saturated carbocycles. The van der Waals surface area contributed by atoms with Crippen LogP contribution in [0.5, 0.6) is 0 Å². The Morgan fingerprint density at radius 2 is 1.46 bits per heavy atom. The summed E-state index contributed by atoms with van der Waals surface area (Å²) in [5.74, 6) is 0.864. The fourth-order valence-corrected chi connectivity index (χ4v) is 4.56. The van der Waals surface area contributed by atoms with Crippen molar-refractivity contribution in [2.45, 2.75) is 82.8 Å². The average Bonchev–Trinajstić information content (AvgIpc) is 2.94. The Kier molecular flexibility index (Phi) is 9.83. The number of para-hydroxylation sites is 1. The average molecular weight is 376 g/mol. The van der Waals surface area contributed by atoms with Crippen LogP contribution >= 0.6 is 11.8 Å². The van der Waals surface area contributed by atoms with Crippen molar-refractivity contribution in [3.63, 3.8) is 0 Å². The largest absolute Gasteiger partial charge is 0.274 e. The molecular weight excluding hydrogens is 342 g/mol. The molecule has 1 fully saturated rings. The van der Waals surface area contributed by atoms with Gasteiger partial charge in [0.25, 0.3) is 0 Å². The lowest BCUT2D eigenvalue weighted by atomic mass is 10.1. The predicted octanol–water partition coefficient (Wildman–Crippen LogP) is 5.97. The molecule has 0 radical (unpaired) electrons. The zero-order valence-electron chi connectivity index (χ0n) is 16.1. The van der Waals surface area contributed by atoms with Crippen molar-refractivity contribution in [1.82, 2.24) is 0 Å². The van der Waals surface area contributed by atoms with Crippen molar-refractivity contribution in [2.75, 3.05) is 10.7 Å². The zero-order chi connectivity index (χ0) is 18.6. The lowest BCUT2D eigenvalue weighted by Crippen LogP contribution is -2.31. The van der Waals surface area contributed by atoms with E-state index in [-0.39, 0.29) is 17.1 Å². The highest BCUT2D eigenvalue weighted by atomic mass is 32.2. The molecule has 26 heavy (non-hydrogen) atoms. The third-order valence-electron chi connectivity index (χ3n) is 4.94. The molecule has 144 valence electrons. The monoisotopic (exact) mass is 375 g/mol. The molecule has 2 amide bonds. The fraction of sp³-hybridized carbons (Fsp3) is 0.636. The number of carbonyl (C=O) groups is 2. The Morgan fingerprint density at radius 3 is 2.08 bits per heavy atom. The van der Waals surface area contributed by atoms with Crippen molar-refractivity contribution < 1.29 is 9.59 Å². The Morgan fingerprint density at radius 1 is 0.885 bits per heavy atom. The summed E-state index contributed by atoms with van der Waals surface area (Å²) in [6.45, 7) is 2.26. The smallest absolute Gasteiger partial charge is 0.247 e. The minimum Gasteiger partial charge on any atom is -0.274 e. The van der Waals surface area contributed by atoms with Crippen LogP contribution in [0.2, 0.25) is 0 Å². The Labute approximate surface area is 162 Å². The number of hydrogen-bond donors (Lipinski definition) is 0. The van der Waals surface area contributed by atoms with Crippen molar-refractivity contribution in [3.8, 4) is 0 Å². The summed E-state index contributed by atoms with van der Waals surface area (Å²) in [6, 6.07) is 9.27. The number of hydrogen-bond acceptors (Lipinski definition) is 3. The lowest BCUT2D eigenvalue weighted by molar-refractivity contribution is -0.121. The van der Waals surface area contributed by atoms with Crippen molar-refractivity contribution in [3.05, 3.63) is 30.3 Å². The molecule has 4 heteroatoms. The summed E-state index contributed by atoms with van der Waals surface area (Å²) >= 11 is 1.66. The maximum atomic E-state index is 12.5. The van der Waals surface area contributed by atoms with Crippen LogP contribution in [0.1, 0.15) is 77.6 Å². The number of nitrogens with zero attached hydrogens (tertiary/aromatic N) is 1. The third kappa shape index (κ3) is 6.79. The molecule has 2 rings (SSSR count). The van der Waals surface area contributed by atoms with Gasteiger partial charge in [0.2, 0.25) is 11.8 Å². The second-order valence-corrected chi connectivity index (χ2v) is 8.46. The van der Waals surface area contributed by atoms with E-state index in [0.29, 0.717) is 12.1 Å². The molecule has 1 aliphatic rings. The Bertz CT molecular complexity index is 546. The lowest BCUT2D eigenvalue weighted by Gasteiger charge is -2.14. The molecular formula is C22H33NO2S. The SMILES string of the molecule is CCCCCCCCCCCCS[C@H]1CC(=O)N(c2ccccc2)C1=O. The molecule has 1 aliphatic heterocycles. The standard InChI is InChI=1S/C22H33NO2S/c1-2-3-4-5-6-7-8-9-10-14-17-26-20-18-21(24)23(22(20)25)19-15-12-11-13-16-19/h11-13,15-16,20H,2-10,14,17-18H2,1H3/t20-/m0/s1. The van der Waals surface area contributed by atoms with Gasteiger partial charge >= 0.3 is 0 Å². The van der Waals surface area contributed by atoms with Crippen LogP contribution in [-0.4, -0.2) is 22.8 Å². The summed E-state index contributed by atoms with van der Waals surface area (Å²) in [5.41, 5.74) is 0.699. The van der Waals surface area contributed by atoms with Gasteiger partial charge in [-0.25, -0.2) is 4.90 Å². The molecule has 1 aromatic rings. The number of rotatable bonds is 13. The number of thioether (sulfide) groups is 1. The van der Waals surface area contributed by atoms with Gasteiger partial charge in [-0.05, 0) is 24.3 Å². The van der Waals surface area contributed by atoms with E-state index < -0.39 is 0 Å². The van der Waals surface area contributed by atoms with Gasteiger partial charge in [0.1, 0.15) is 0 Å². The summed E-state index contributed by atoms with van der Waals surface area (Å²) in [6.07, 6.45) is 13.6. The van der Waals surface area contributed by atoms with Gasteiger partial charge in [0.05, 0.1) is 10.9 Å². The van der Waals surface area contributed by atoms with Crippen molar-refractivity contribution in [2.24, 2.45) is 0 Å². The first kappa shape index (κ1) is 21.0. The van der Waals surface area contributed by atoms with E-state index in [1.807, 2.05) is 30.3 Å². The van der Waals surface area contributed by atoms with E-state index in [1.165, 1.54) is 62.7 Å². The first-order chi connectivity index (χ1) is 12.7. The third-order valence-corrected chi connectivity index (χ3v) is 6.23. The van der Waals surface area contributed by atoms with Gasteiger partial charge in [-0.2, -0.15) is 0 Å². The second-order valence-electron chi connectivity index (χ2n) is 7.15. The summed E-state index contributed by atoms with van der Waals surface area (Å²) in [5, 5.41) is -0.193. The number of imide groups is 1. The second kappa shape index (κ2) is 12.2. The van der Waals surface area contributed by atoms with Gasteiger partial charge in [0.15, 0.2) is 0 Å². The van der Waals surface area contributed by atoms with Crippen molar-refractivity contribution in [1.29, 1.82) is 0 Å². The molecule has 1 aromatic carbocycles. The Hall–Kier alpha value is -1.29. The number of amides is 2. The van der Waals surface area contributed by atoms with Gasteiger partial charge < -0.3 is 0 Å². The van der Waals surface area contributed by atoms with Crippen LogP contribution in [0.3, 0.4) is 0 Å². The van der Waals surface area contributed by atoms with Crippen molar-refractivity contribution >= 4 is 29.3 Å². The van der Waals surface area contributed by atoms with Crippen LogP contribution in [-0.2, 0) is 9.59 Å². The molecule has 1 saturated heterocycles. The highest BCUT2D eigenvalue weighted by Gasteiger charge is 2.39. The highest BCUT2D eigenvalue weighted by Crippen LogP contribution is 2.30. The molecule has 1 atom stereocenters. The summed E-state index contributed by atoms with van der Waals surface area (Å²) in [7, 11) is 0. The summed E-state index contributed by atoms with van der Waals surface area (Å²) < 4.78 is 0. The van der Waals surface area contributed by atoms with Crippen LogP contribution < -0.4 is 4.90 Å². The molecule has 0 bridgehead atoms. The fourth-order valence-electron chi connectivity index (χ4n) is 3.40. The van der Waals surface area contributed by atoms with Crippen LogP contribution in [0, 0.1) is 0 Å². The number of benzene rings is 1. The molecule has 0 unspecified atom stereocenters. The molecule has 0 spiro atoms. The predicted molar refractivity (Wildman–Crippen MR) is 112 cm³/mol. The zero-order valence-corrected chi connectivity index (χ0v) is 16.9. The van der Waals surface area contributed by atoms with Crippen LogP contribution in [0.25, 0.3) is 0 Å². The minimum absolute atomic E-state index is 0.0433. The quantitative estimate of drug-likeness (QED) is 0.315. The molecule has 0 N–H and O–H groups in total. The van der Waals surface area contributed by atoms with Gasteiger partial charge in [0, 0.05) is 6.42 Å². The van der Waals surface area contributed by atoms with E-state index >= 15 is 0 Å². The van der Waals surface area contributed by atoms with Crippen LogP contribution in [0.15, 0.2) is 30.3 Å². The van der Waals surface area contributed by atoms with Crippen LogP contribution in [0.4, 0.5) is 5.69 Å². The van der Waals surface area contributed by atoms with Gasteiger partial charge in [-0.15, -0.1) is 11.8 Å². The van der Waals surface area contributed by atoms with E-state index in [2.05, 4.69) is 6.92 Å². The summed E-state index contributed by atoms with van der Waals surface area (Å²) in [4.78, 5) is 26.1. The molecule has 1 heterocycles. The number of carbonyl (C=O) groups excluding carboxylic acids is 2. The molecule has 0 aliphatic carbocycles. The van der Waals surface area contributed by atoms with E-state index in [0.717, 1.165) is 12.2 Å². The number of anilines is 1. The van der Waals surface area contributed by atoms with Gasteiger partial charge in [-0.1, -0.05) is 82.9 Å². The van der Waals surface area contributed by atoms with E-state index in [1.54, 1.807) is 11.8 Å². The highest BCUT2D eigenvalue weighted by molar-refractivity contribution is 8.00. The maximum absolute atomic E-state index is 12.5. The first-order valence-electron chi connectivity index (χ1n) is 10.3. The number of unbranched alkanes of at least 4 members (excludes halogenated alkanes) is 9. The Balaban J connectivity index is 1.55. The first-order valence-corrected chi connectivity index (χ1v) is 11.3. The van der Waals surface area contributed by atoms with E-state index in [9.17, 15) is 9.59 Å².